The number of hydrogen-bond acceptors (Lipinski definition) is 4. The quantitative estimate of drug-likeness (QED) is 0.684. The van der Waals surface area contributed by atoms with Gasteiger partial charge in [0.2, 0.25) is 5.91 Å². The van der Waals surface area contributed by atoms with Crippen LogP contribution in [-0.4, -0.2) is 23.5 Å². The number of benzene rings is 2. The highest BCUT2D eigenvalue weighted by Crippen LogP contribution is 2.17. The number of rotatable bonds is 8. The summed E-state index contributed by atoms with van der Waals surface area (Å²) in [6.07, 6.45) is -0.433. The van der Waals surface area contributed by atoms with Crippen molar-refractivity contribution in [2.45, 2.75) is 25.9 Å². The number of nitrogens with two attached hydrogens (primary N) is 1. The summed E-state index contributed by atoms with van der Waals surface area (Å²) in [5.74, 6) is -0.119. The van der Waals surface area contributed by atoms with E-state index in [9.17, 15) is 14.7 Å². The van der Waals surface area contributed by atoms with Gasteiger partial charge in [-0.25, -0.2) is 0 Å². The predicted molar refractivity (Wildman–Crippen MR) is 95.2 cm³/mol. The molecule has 0 aliphatic carbocycles. The molecule has 0 aromatic heterocycles. The Morgan fingerprint density at radius 3 is 2.32 bits per heavy atom. The minimum atomic E-state index is -1.31. The molecular weight excluding hydrogens is 320 g/mol. The molecule has 0 unspecified atom stereocenters. The maximum atomic E-state index is 12.0. The highest BCUT2D eigenvalue weighted by Gasteiger charge is 2.13. The largest absolute Gasteiger partial charge is 0.494 e. The molecule has 0 heterocycles. The van der Waals surface area contributed by atoms with Crippen molar-refractivity contribution in [3.05, 3.63) is 59.7 Å². The average molecular weight is 342 g/mol. The van der Waals surface area contributed by atoms with Crippen LogP contribution in [0.3, 0.4) is 0 Å². The molecule has 25 heavy (non-hydrogen) atoms. The number of amides is 2. The van der Waals surface area contributed by atoms with Crippen molar-refractivity contribution in [2.24, 2.45) is 5.73 Å². The van der Waals surface area contributed by atoms with Crippen molar-refractivity contribution in [3.8, 4) is 5.75 Å². The zero-order valence-electron chi connectivity index (χ0n) is 14.1. The molecule has 0 radical (unpaired) electrons. The normalized spacial score (nSPS) is 11.6. The Morgan fingerprint density at radius 1 is 1.12 bits per heavy atom. The molecule has 0 aliphatic rings. The molecule has 0 saturated heterocycles. The molecule has 2 rings (SSSR count). The van der Waals surface area contributed by atoms with Crippen molar-refractivity contribution >= 4 is 17.5 Å². The van der Waals surface area contributed by atoms with Gasteiger partial charge in [0.1, 0.15) is 5.75 Å². The molecule has 0 saturated carbocycles. The summed E-state index contributed by atoms with van der Waals surface area (Å²) in [6.45, 7) is 2.51. The first-order valence-electron chi connectivity index (χ1n) is 8.08. The van der Waals surface area contributed by atoms with Crippen molar-refractivity contribution in [1.29, 1.82) is 0 Å². The lowest BCUT2D eigenvalue weighted by atomic mass is 10.0. The predicted octanol–water partition coefficient (Wildman–Crippen LogP) is 2.18. The third-order valence-electron chi connectivity index (χ3n) is 3.65. The minimum Gasteiger partial charge on any atom is -0.494 e. The fourth-order valence-electron chi connectivity index (χ4n) is 2.31. The minimum absolute atomic E-state index is 0.0922. The van der Waals surface area contributed by atoms with E-state index in [1.807, 2.05) is 19.1 Å². The fourth-order valence-corrected chi connectivity index (χ4v) is 2.31. The van der Waals surface area contributed by atoms with Crippen LogP contribution in [-0.2, 0) is 16.0 Å². The second kappa shape index (κ2) is 8.84. The molecule has 0 bridgehead atoms. The van der Waals surface area contributed by atoms with Crippen LogP contribution in [0.5, 0.6) is 5.75 Å². The van der Waals surface area contributed by atoms with E-state index in [-0.39, 0.29) is 5.91 Å². The number of ether oxygens (including phenoxy) is 1. The average Bonchev–Trinajstić information content (AvgIpc) is 2.61. The first-order valence-corrected chi connectivity index (χ1v) is 8.08. The lowest BCUT2D eigenvalue weighted by Gasteiger charge is -2.09. The zero-order valence-corrected chi connectivity index (χ0v) is 14.1. The number of anilines is 1. The van der Waals surface area contributed by atoms with E-state index in [4.69, 9.17) is 10.5 Å². The summed E-state index contributed by atoms with van der Waals surface area (Å²) in [4.78, 5) is 23.0. The second-order valence-corrected chi connectivity index (χ2v) is 5.55. The third-order valence-corrected chi connectivity index (χ3v) is 3.65. The molecule has 2 aromatic carbocycles. The van der Waals surface area contributed by atoms with E-state index >= 15 is 0 Å². The number of aliphatic hydroxyl groups is 1. The summed E-state index contributed by atoms with van der Waals surface area (Å²) in [6, 6.07) is 14.0. The number of hydrogen-bond donors (Lipinski definition) is 3. The Kier molecular flexibility index (Phi) is 6.54. The van der Waals surface area contributed by atoms with E-state index < -0.39 is 12.0 Å². The van der Waals surface area contributed by atoms with Gasteiger partial charge in [0.05, 0.1) is 6.61 Å². The molecule has 0 spiro atoms. The summed E-state index contributed by atoms with van der Waals surface area (Å²) < 4.78 is 5.35. The summed E-state index contributed by atoms with van der Waals surface area (Å²) >= 11 is 0. The Hall–Kier alpha value is -2.86. The van der Waals surface area contributed by atoms with Crippen LogP contribution >= 0.6 is 0 Å². The van der Waals surface area contributed by atoms with Gasteiger partial charge in [0.25, 0.3) is 5.91 Å². The lowest BCUT2D eigenvalue weighted by Crippen LogP contribution is -2.20. The number of carbonyl (C=O) groups excluding carboxylic acids is 2. The van der Waals surface area contributed by atoms with Gasteiger partial charge in [-0.05, 0) is 48.7 Å². The second-order valence-electron chi connectivity index (χ2n) is 5.55. The number of aryl methyl sites for hydroxylation is 1. The Morgan fingerprint density at radius 2 is 1.76 bits per heavy atom. The molecule has 0 aliphatic heterocycles. The molecular formula is C19H22N2O4. The van der Waals surface area contributed by atoms with Crippen molar-refractivity contribution in [2.75, 3.05) is 11.9 Å². The first-order chi connectivity index (χ1) is 12.0. The molecule has 6 heteroatoms. The topological polar surface area (TPSA) is 102 Å². The molecule has 0 fully saturated rings. The van der Waals surface area contributed by atoms with Gasteiger partial charge < -0.3 is 20.9 Å². The van der Waals surface area contributed by atoms with E-state index in [0.29, 0.717) is 30.7 Å². The van der Waals surface area contributed by atoms with Crippen LogP contribution in [0.1, 0.15) is 30.6 Å². The van der Waals surface area contributed by atoms with Crippen molar-refractivity contribution < 1.29 is 19.4 Å². The smallest absolute Gasteiger partial charge is 0.250 e. The third kappa shape index (κ3) is 5.61. The lowest BCUT2D eigenvalue weighted by molar-refractivity contribution is -0.126. The molecule has 2 amide bonds. The number of nitrogens with one attached hydrogen (secondary N) is 1. The monoisotopic (exact) mass is 342 g/mol. The molecule has 4 N–H and O–H groups in total. The Bertz CT molecular complexity index is 711. The summed E-state index contributed by atoms with van der Waals surface area (Å²) in [5.41, 5.74) is 7.14. The summed E-state index contributed by atoms with van der Waals surface area (Å²) in [5, 5.41) is 12.4. The maximum absolute atomic E-state index is 12.0. The Labute approximate surface area is 146 Å². The van der Waals surface area contributed by atoms with Gasteiger partial charge in [-0.1, -0.05) is 24.3 Å². The van der Waals surface area contributed by atoms with E-state index in [1.54, 1.807) is 36.4 Å². The highest BCUT2D eigenvalue weighted by atomic mass is 16.5. The zero-order chi connectivity index (χ0) is 18.2. The molecule has 1 atom stereocenters. The van der Waals surface area contributed by atoms with Crippen molar-refractivity contribution in [1.82, 2.24) is 0 Å². The van der Waals surface area contributed by atoms with Gasteiger partial charge in [-0.3, -0.25) is 9.59 Å². The number of primary amides is 1. The van der Waals surface area contributed by atoms with Gasteiger partial charge in [0.15, 0.2) is 6.10 Å². The Balaban J connectivity index is 1.84. The van der Waals surface area contributed by atoms with Crippen molar-refractivity contribution in [3.63, 3.8) is 0 Å². The molecule has 6 nitrogen and oxygen atoms in total. The van der Waals surface area contributed by atoms with Gasteiger partial charge >= 0.3 is 0 Å². The van der Waals surface area contributed by atoms with Crippen LogP contribution in [0, 0.1) is 0 Å². The van der Waals surface area contributed by atoms with E-state index in [1.165, 1.54) is 0 Å². The fraction of sp³-hybridized carbons (Fsp3) is 0.263. The highest BCUT2D eigenvalue weighted by molar-refractivity contribution is 5.90. The van der Waals surface area contributed by atoms with E-state index in [0.717, 1.165) is 11.3 Å². The number of aliphatic hydroxyl groups excluding tert-OH is 1. The standard InChI is InChI=1S/C19H22N2O4/c1-2-25-16-10-8-15(9-11-16)21-17(22)12-5-13-3-6-14(7-4-13)18(23)19(20)24/h3-4,6-11,18,23H,2,5,12H2,1H3,(H2,20,24)(H,21,22)/t18-/m0/s1. The SMILES string of the molecule is CCOc1ccc(NC(=O)CCc2ccc([C@H](O)C(N)=O)cc2)cc1. The van der Waals surface area contributed by atoms with Gasteiger partial charge in [-0.2, -0.15) is 0 Å². The van der Waals surface area contributed by atoms with E-state index in [2.05, 4.69) is 5.32 Å². The first kappa shape index (κ1) is 18.5. The maximum Gasteiger partial charge on any atom is 0.250 e. The number of carbonyl (C=O) groups is 2. The van der Waals surface area contributed by atoms with Crippen LogP contribution in [0.2, 0.25) is 0 Å². The summed E-state index contributed by atoms with van der Waals surface area (Å²) in [7, 11) is 0. The van der Waals surface area contributed by atoms with Gasteiger partial charge in [0, 0.05) is 12.1 Å². The van der Waals surface area contributed by atoms with Crippen LogP contribution < -0.4 is 15.8 Å². The van der Waals surface area contributed by atoms with Crippen LogP contribution in [0.25, 0.3) is 0 Å². The molecule has 2 aromatic rings. The van der Waals surface area contributed by atoms with Crippen LogP contribution in [0.15, 0.2) is 48.5 Å². The van der Waals surface area contributed by atoms with Gasteiger partial charge in [-0.15, -0.1) is 0 Å². The molecule has 132 valence electrons. The van der Waals surface area contributed by atoms with Crippen LogP contribution in [0.4, 0.5) is 5.69 Å².